The van der Waals surface area contributed by atoms with E-state index in [4.69, 9.17) is 0 Å². The zero-order valence-corrected chi connectivity index (χ0v) is 20.2. The molecule has 1 fully saturated rings. The lowest BCUT2D eigenvalue weighted by Crippen LogP contribution is -2.49. The van der Waals surface area contributed by atoms with Crippen molar-refractivity contribution in [3.8, 4) is 0 Å². The molecule has 1 N–H and O–H groups in total. The first kappa shape index (κ1) is 21.4. The summed E-state index contributed by atoms with van der Waals surface area (Å²) in [4.78, 5) is 2.45. The second-order valence-corrected chi connectivity index (χ2v) is 11.9. The van der Waals surface area contributed by atoms with E-state index in [0.717, 1.165) is 11.8 Å². The van der Waals surface area contributed by atoms with Crippen LogP contribution in [0.4, 0.5) is 0 Å². The maximum atomic E-state index is 3.56. The summed E-state index contributed by atoms with van der Waals surface area (Å²) < 4.78 is 0. The maximum Gasteiger partial charge on any atom is 0.0307 e. The predicted octanol–water partition coefficient (Wildman–Crippen LogP) is 5.83. The molecule has 0 radical (unpaired) electrons. The van der Waals surface area contributed by atoms with Gasteiger partial charge in [-0.1, -0.05) is 52.0 Å². The summed E-state index contributed by atoms with van der Waals surface area (Å²) in [6, 6.07) is 1.12. The van der Waals surface area contributed by atoms with Gasteiger partial charge in [0.15, 0.2) is 0 Å². The van der Waals surface area contributed by atoms with Gasteiger partial charge in [-0.2, -0.15) is 0 Å². The molecular formula is C27H44N2. The molecular weight excluding hydrogens is 352 g/mol. The number of hydrogen-bond acceptors (Lipinski definition) is 2. The monoisotopic (exact) mass is 396 g/mol. The van der Waals surface area contributed by atoms with Crippen molar-refractivity contribution >= 4 is 0 Å². The molecule has 2 nitrogen and oxygen atoms in total. The number of likely N-dealkylation sites (N-methyl/N-ethyl adjacent to an activating group) is 1. The lowest BCUT2D eigenvalue weighted by Gasteiger charge is -2.54. The largest absolute Gasteiger partial charge is 0.313 e. The Morgan fingerprint density at radius 1 is 1.00 bits per heavy atom. The number of fused-ring (bicyclic) bond motifs is 4. The number of hydrogen-bond donors (Lipinski definition) is 1. The minimum atomic E-state index is 0.269. The third-order valence-corrected chi connectivity index (χ3v) is 10.4. The molecule has 0 heterocycles. The quantitative estimate of drug-likeness (QED) is 0.646. The van der Waals surface area contributed by atoms with Crippen molar-refractivity contribution in [2.45, 2.75) is 78.8 Å². The van der Waals surface area contributed by atoms with E-state index in [9.17, 15) is 0 Å². The third-order valence-electron chi connectivity index (χ3n) is 10.4. The molecule has 4 aliphatic carbocycles. The van der Waals surface area contributed by atoms with E-state index in [1.807, 2.05) is 0 Å². The molecule has 0 aromatic carbocycles. The Hall–Kier alpha value is -0.860. The van der Waals surface area contributed by atoms with Gasteiger partial charge in [0.1, 0.15) is 0 Å². The van der Waals surface area contributed by atoms with Crippen LogP contribution in [0.3, 0.4) is 0 Å². The Balaban J connectivity index is 1.71. The minimum Gasteiger partial charge on any atom is -0.313 e. The van der Waals surface area contributed by atoms with Crippen molar-refractivity contribution in [1.82, 2.24) is 10.2 Å². The molecule has 0 amide bonds. The number of nitrogens with one attached hydrogen (secondary N) is 1. The molecule has 4 aliphatic rings. The van der Waals surface area contributed by atoms with Crippen molar-refractivity contribution in [3.63, 3.8) is 0 Å². The van der Waals surface area contributed by atoms with Crippen molar-refractivity contribution in [3.05, 3.63) is 35.5 Å². The van der Waals surface area contributed by atoms with Crippen LogP contribution in [-0.2, 0) is 0 Å². The number of allylic oxidation sites excluding steroid dienone is 5. The molecule has 29 heavy (non-hydrogen) atoms. The average molecular weight is 397 g/mol. The third kappa shape index (κ3) is 2.96. The zero-order valence-electron chi connectivity index (χ0n) is 20.2. The van der Waals surface area contributed by atoms with Crippen molar-refractivity contribution in [2.75, 3.05) is 21.1 Å². The van der Waals surface area contributed by atoms with Crippen molar-refractivity contribution < 1.29 is 0 Å². The molecule has 4 rings (SSSR count). The highest BCUT2D eigenvalue weighted by molar-refractivity contribution is 5.42. The molecule has 0 spiro atoms. The van der Waals surface area contributed by atoms with E-state index in [1.165, 1.54) is 32.1 Å². The maximum absolute atomic E-state index is 3.56. The van der Waals surface area contributed by atoms with Crippen LogP contribution in [0, 0.1) is 34.0 Å². The minimum absolute atomic E-state index is 0.269. The Bertz CT molecular complexity index is 742. The summed E-state index contributed by atoms with van der Waals surface area (Å²) in [7, 11) is 6.64. The van der Waals surface area contributed by atoms with Crippen LogP contribution in [0.1, 0.15) is 66.7 Å². The van der Waals surface area contributed by atoms with Gasteiger partial charge in [0.2, 0.25) is 0 Å². The first-order valence-electron chi connectivity index (χ1n) is 12.0. The topological polar surface area (TPSA) is 15.3 Å². The smallest absolute Gasteiger partial charge is 0.0307 e. The second kappa shape index (κ2) is 7.09. The van der Waals surface area contributed by atoms with Crippen molar-refractivity contribution in [1.29, 1.82) is 0 Å². The van der Waals surface area contributed by atoms with E-state index < -0.39 is 0 Å². The summed E-state index contributed by atoms with van der Waals surface area (Å²) in [5, 5.41) is 3.56. The lowest BCUT2D eigenvalue weighted by molar-refractivity contribution is -0.0109. The molecule has 7 atom stereocenters. The summed E-state index contributed by atoms with van der Waals surface area (Å²) in [6.45, 7) is 12.7. The SMILES string of the molecule is CN[C@H]1C=CC2=CC3=CC[C@]4(C)[C@@H]([C@H](C)N(C)C)CC[C@@]4(C)[C@@H]3CC[C@H]2C1(C)C. The van der Waals surface area contributed by atoms with Gasteiger partial charge in [-0.05, 0) is 105 Å². The van der Waals surface area contributed by atoms with Crippen LogP contribution in [0.5, 0.6) is 0 Å². The van der Waals surface area contributed by atoms with Gasteiger partial charge in [0.05, 0.1) is 0 Å². The van der Waals surface area contributed by atoms with Crippen LogP contribution in [-0.4, -0.2) is 38.1 Å². The molecule has 0 aliphatic heterocycles. The lowest BCUT2D eigenvalue weighted by atomic mass is 9.51. The van der Waals surface area contributed by atoms with Gasteiger partial charge in [-0.3, -0.25) is 0 Å². The van der Waals surface area contributed by atoms with E-state index in [2.05, 4.69) is 90.3 Å². The van der Waals surface area contributed by atoms with Gasteiger partial charge in [-0.15, -0.1) is 0 Å². The van der Waals surface area contributed by atoms with Crippen LogP contribution in [0.25, 0.3) is 0 Å². The van der Waals surface area contributed by atoms with E-state index in [1.54, 1.807) is 11.1 Å². The molecule has 2 heteroatoms. The van der Waals surface area contributed by atoms with Gasteiger partial charge in [0.25, 0.3) is 0 Å². The fraction of sp³-hybridized carbons (Fsp3) is 0.778. The zero-order chi connectivity index (χ0) is 21.2. The summed E-state index contributed by atoms with van der Waals surface area (Å²) in [5.41, 5.74) is 4.35. The Morgan fingerprint density at radius 3 is 2.34 bits per heavy atom. The summed E-state index contributed by atoms with van der Waals surface area (Å²) in [6.07, 6.45) is 16.8. The first-order valence-corrected chi connectivity index (χ1v) is 12.0. The van der Waals surface area contributed by atoms with Crippen LogP contribution >= 0.6 is 0 Å². The Labute approximate surface area is 179 Å². The van der Waals surface area contributed by atoms with Gasteiger partial charge in [0, 0.05) is 12.1 Å². The Morgan fingerprint density at radius 2 is 1.69 bits per heavy atom. The molecule has 1 saturated carbocycles. The van der Waals surface area contributed by atoms with E-state index >= 15 is 0 Å². The molecule has 162 valence electrons. The van der Waals surface area contributed by atoms with E-state index in [0.29, 0.717) is 28.8 Å². The van der Waals surface area contributed by atoms with Gasteiger partial charge < -0.3 is 10.2 Å². The Kier molecular flexibility index (Phi) is 5.23. The highest BCUT2D eigenvalue weighted by atomic mass is 15.1. The molecule has 0 aromatic heterocycles. The molecule has 0 aromatic rings. The van der Waals surface area contributed by atoms with Crippen LogP contribution < -0.4 is 5.32 Å². The first-order chi connectivity index (χ1) is 13.6. The number of rotatable bonds is 3. The molecule has 0 bridgehead atoms. The van der Waals surface area contributed by atoms with Gasteiger partial charge >= 0.3 is 0 Å². The average Bonchev–Trinajstić information content (AvgIpc) is 2.81. The summed E-state index contributed by atoms with van der Waals surface area (Å²) in [5.74, 6) is 2.17. The normalized spacial score (nSPS) is 44.3. The standard InChI is InChI=1S/C27H44N2/c1-18(29(7)8)21-14-16-27(5)23-11-10-22-19(9-12-24(28-6)25(22,2)3)17-20(23)13-15-26(21,27)4/h9,12-13,17-18,21-24,28H,10-11,14-16H2,1-8H3/t18-,21+,22+,23+,24-,26+,27-/m0/s1. The number of nitrogens with zero attached hydrogens (tertiary/aromatic N) is 1. The van der Waals surface area contributed by atoms with Crippen molar-refractivity contribution in [2.24, 2.45) is 34.0 Å². The van der Waals surface area contributed by atoms with Crippen LogP contribution in [0.2, 0.25) is 0 Å². The molecule has 0 unspecified atom stereocenters. The molecule has 0 saturated heterocycles. The fourth-order valence-electron chi connectivity index (χ4n) is 7.96. The van der Waals surface area contributed by atoms with Gasteiger partial charge in [-0.25, -0.2) is 0 Å². The van der Waals surface area contributed by atoms with Crippen LogP contribution in [0.15, 0.2) is 35.5 Å². The highest BCUT2D eigenvalue weighted by Gasteiger charge is 2.60. The highest BCUT2D eigenvalue weighted by Crippen LogP contribution is 2.68. The summed E-state index contributed by atoms with van der Waals surface area (Å²) >= 11 is 0. The fourth-order valence-corrected chi connectivity index (χ4v) is 7.96. The second-order valence-electron chi connectivity index (χ2n) is 11.9. The predicted molar refractivity (Wildman–Crippen MR) is 125 cm³/mol. The van der Waals surface area contributed by atoms with E-state index in [-0.39, 0.29) is 5.41 Å².